The maximum atomic E-state index is 11.4. The van der Waals surface area contributed by atoms with Gasteiger partial charge in [-0.2, -0.15) is 5.10 Å². The zero-order valence-electron chi connectivity index (χ0n) is 19.4. The lowest BCUT2D eigenvalue weighted by molar-refractivity contribution is 0.0995. The van der Waals surface area contributed by atoms with Gasteiger partial charge < -0.3 is 5.73 Å². The maximum Gasteiger partial charge on any atom is 0.269 e. The number of amides is 1. The Bertz CT molecular complexity index is 1270. The molecule has 1 saturated heterocycles. The molecule has 0 saturated carbocycles. The van der Waals surface area contributed by atoms with Crippen molar-refractivity contribution in [1.29, 1.82) is 0 Å². The van der Waals surface area contributed by atoms with Crippen LogP contribution < -0.4 is 5.73 Å². The fourth-order valence-corrected chi connectivity index (χ4v) is 4.52. The van der Waals surface area contributed by atoms with E-state index in [2.05, 4.69) is 63.5 Å². The van der Waals surface area contributed by atoms with E-state index in [1.54, 1.807) is 10.7 Å². The molecule has 34 heavy (non-hydrogen) atoms. The van der Waals surface area contributed by atoms with Gasteiger partial charge in [0.15, 0.2) is 5.69 Å². The number of aryl methyl sites for hydroxylation is 1. The first kappa shape index (κ1) is 22.0. The number of benzene rings is 2. The summed E-state index contributed by atoms with van der Waals surface area (Å²) in [5.41, 5.74) is 13.3. The standard InChI is InChI=1S/C28H29N5O/c1-20-16-27(28(29)34)31-33(20)26-12-6-22(7-13-26)17-21-4-8-23(9-5-21)24-10-11-25(30-18-24)19-32-14-2-3-15-32/h4-13,16,18H,2-3,14-15,17,19H2,1H3,(H2,29,34). The average molecular weight is 452 g/mol. The van der Waals surface area contributed by atoms with Crippen LogP contribution in [0.25, 0.3) is 16.8 Å². The van der Waals surface area contributed by atoms with Gasteiger partial charge in [0.25, 0.3) is 5.91 Å². The summed E-state index contributed by atoms with van der Waals surface area (Å²) in [5.74, 6) is -0.518. The molecule has 172 valence electrons. The summed E-state index contributed by atoms with van der Waals surface area (Å²) in [6, 6.07) is 22.9. The van der Waals surface area contributed by atoms with Crippen molar-refractivity contribution in [3.8, 4) is 16.8 Å². The topological polar surface area (TPSA) is 77.0 Å². The molecule has 3 heterocycles. The largest absolute Gasteiger partial charge is 0.364 e. The van der Waals surface area contributed by atoms with Gasteiger partial charge in [-0.15, -0.1) is 0 Å². The van der Waals surface area contributed by atoms with E-state index in [0.717, 1.165) is 35.6 Å². The Hall–Kier alpha value is -3.77. The molecular formula is C28H29N5O. The van der Waals surface area contributed by atoms with E-state index >= 15 is 0 Å². The summed E-state index contributed by atoms with van der Waals surface area (Å²) >= 11 is 0. The normalized spacial score (nSPS) is 13.9. The van der Waals surface area contributed by atoms with E-state index < -0.39 is 5.91 Å². The number of pyridine rings is 1. The predicted octanol–water partition coefficient (Wildman–Crippen LogP) is 4.53. The summed E-state index contributed by atoms with van der Waals surface area (Å²) in [6.07, 6.45) is 5.44. The number of aromatic nitrogens is 3. The third kappa shape index (κ3) is 4.92. The van der Waals surface area contributed by atoms with Crippen LogP contribution in [0.5, 0.6) is 0 Å². The van der Waals surface area contributed by atoms with E-state index in [1.807, 2.05) is 25.3 Å². The van der Waals surface area contributed by atoms with Crippen LogP contribution in [0.3, 0.4) is 0 Å². The first-order chi connectivity index (χ1) is 16.5. The number of primary amides is 1. The number of rotatable bonds is 7. The van der Waals surface area contributed by atoms with Crippen molar-refractivity contribution in [3.05, 3.63) is 101 Å². The molecule has 6 nitrogen and oxygen atoms in total. The summed E-state index contributed by atoms with van der Waals surface area (Å²) in [5, 5.41) is 4.30. The van der Waals surface area contributed by atoms with E-state index in [0.29, 0.717) is 0 Å². The second-order valence-corrected chi connectivity index (χ2v) is 9.01. The molecule has 2 aromatic carbocycles. The number of nitrogens with zero attached hydrogens (tertiary/aromatic N) is 4. The SMILES string of the molecule is Cc1cc(C(N)=O)nn1-c1ccc(Cc2ccc(-c3ccc(CN4CCCC4)nc3)cc2)cc1. The lowest BCUT2D eigenvalue weighted by atomic mass is 10.0. The van der Waals surface area contributed by atoms with Gasteiger partial charge in [0.05, 0.1) is 11.4 Å². The lowest BCUT2D eigenvalue weighted by Crippen LogP contribution is -2.18. The van der Waals surface area contributed by atoms with Gasteiger partial charge >= 0.3 is 0 Å². The molecule has 0 radical (unpaired) electrons. The first-order valence-corrected chi connectivity index (χ1v) is 11.8. The molecule has 2 aromatic heterocycles. The second kappa shape index (κ2) is 9.61. The first-order valence-electron chi connectivity index (χ1n) is 11.8. The number of likely N-dealkylation sites (tertiary alicyclic amines) is 1. The molecule has 0 bridgehead atoms. The number of hydrogen-bond donors (Lipinski definition) is 1. The molecule has 0 unspecified atom stereocenters. The molecule has 1 fully saturated rings. The highest BCUT2D eigenvalue weighted by molar-refractivity contribution is 5.90. The van der Waals surface area contributed by atoms with Gasteiger partial charge in [0.2, 0.25) is 0 Å². The van der Waals surface area contributed by atoms with Crippen LogP contribution in [0, 0.1) is 6.92 Å². The van der Waals surface area contributed by atoms with Crippen molar-refractivity contribution >= 4 is 5.91 Å². The van der Waals surface area contributed by atoms with E-state index in [4.69, 9.17) is 5.73 Å². The minimum Gasteiger partial charge on any atom is -0.364 e. The summed E-state index contributed by atoms with van der Waals surface area (Å²) in [4.78, 5) is 18.5. The zero-order chi connectivity index (χ0) is 23.5. The van der Waals surface area contributed by atoms with Crippen molar-refractivity contribution in [2.45, 2.75) is 32.7 Å². The molecule has 5 rings (SSSR count). The second-order valence-electron chi connectivity index (χ2n) is 9.01. The number of hydrogen-bond acceptors (Lipinski definition) is 4. The fourth-order valence-electron chi connectivity index (χ4n) is 4.52. The van der Waals surface area contributed by atoms with Crippen molar-refractivity contribution < 1.29 is 4.79 Å². The summed E-state index contributed by atoms with van der Waals surface area (Å²) < 4.78 is 1.74. The van der Waals surface area contributed by atoms with Gasteiger partial charge in [-0.05, 0) is 80.2 Å². The molecular weight excluding hydrogens is 422 g/mol. The third-order valence-corrected chi connectivity index (χ3v) is 6.43. The Labute approximate surface area is 200 Å². The molecule has 2 N–H and O–H groups in total. The van der Waals surface area contributed by atoms with Crippen LogP contribution in [0.1, 0.15) is 45.8 Å². The Morgan fingerprint density at radius 2 is 1.56 bits per heavy atom. The van der Waals surface area contributed by atoms with Crippen LogP contribution >= 0.6 is 0 Å². The van der Waals surface area contributed by atoms with E-state index in [-0.39, 0.29) is 5.69 Å². The van der Waals surface area contributed by atoms with Crippen LogP contribution in [-0.2, 0) is 13.0 Å². The van der Waals surface area contributed by atoms with Gasteiger partial charge in [-0.3, -0.25) is 14.7 Å². The van der Waals surface area contributed by atoms with Gasteiger partial charge in [-0.1, -0.05) is 42.5 Å². The Balaban J connectivity index is 1.23. The number of carbonyl (C=O) groups excluding carboxylic acids is 1. The zero-order valence-corrected chi connectivity index (χ0v) is 19.4. The van der Waals surface area contributed by atoms with Gasteiger partial charge in [0.1, 0.15) is 0 Å². The minimum absolute atomic E-state index is 0.276. The van der Waals surface area contributed by atoms with Gasteiger partial charge in [-0.25, -0.2) is 4.68 Å². The molecule has 1 aliphatic heterocycles. The van der Waals surface area contributed by atoms with Crippen molar-refractivity contribution in [1.82, 2.24) is 19.7 Å². The minimum atomic E-state index is -0.518. The molecule has 1 aliphatic rings. The highest BCUT2D eigenvalue weighted by Crippen LogP contribution is 2.22. The highest BCUT2D eigenvalue weighted by Gasteiger charge is 2.13. The maximum absolute atomic E-state index is 11.4. The Kier molecular flexibility index (Phi) is 6.23. The molecule has 0 aliphatic carbocycles. The number of carbonyl (C=O) groups is 1. The number of nitrogens with two attached hydrogens (primary N) is 1. The average Bonchev–Trinajstić information content (AvgIpc) is 3.50. The van der Waals surface area contributed by atoms with Crippen LogP contribution in [0.2, 0.25) is 0 Å². The molecule has 0 atom stereocenters. The van der Waals surface area contributed by atoms with Crippen LogP contribution in [-0.4, -0.2) is 38.7 Å². The monoisotopic (exact) mass is 451 g/mol. The van der Waals surface area contributed by atoms with Crippen molar-refractivity contribution in [3.63, 3.8) is 0 Å². The fraction of sp³-hybridized carbons (Fsp3) is 0.250. The van der Waals surface area contributed by atoms with E-state index in [1.165, 1.54) is 42.6 Å². The summed E-state index contributed by atoms with van der Waals surface area (Å²) in [7, 11) is 0. The van der Waals surface area contributed by atoms with Gasteiger partial charge in [0, 0.05) is 24.0 Å². The smallest absolute Gasteiger partial charge is 0.269 e. The Morgan fingerprint density at radius 1 is 0.912 bits per heavy atom. The third-order valence-electron chi connectivity index (χ3n) is 6.43. The van der Waals surface area contributed by atoms with Crippen molar-refractivity contribution in [2.24, 2.45) is 5.73 Å². The van der Waals surface area contributed by atoms with Crippen LogP contribution in [0.15, 0.2) is 72.9 Å². The summed E-state index contributed by atoms with van der Waals surface area (Å²) in [6.45, 7) is 5.23. The quantitative estimate of drug-likeness (QED) is 0.448. The molecule has 1 amide bonds. The molecule has 6 heteroatoms. The van der Waals surface area contributed by atoms with Crippen molar-refractivity contribution in [2.75, 3.05) is 13.1 Å². The predicted molar refractivity (Wildman–Crippen MR) is 134 cm³/mol. The Morgan fingerprint density at radius 3 is 2.15 bits per heavy atom. The molecule has 0 spiro atoms. The highest BCUT2D eigenvalue weighted by atomic mass is 16.1. The lowest BCUT2D eigenvalue weighted by Gasteiger charge is -2.14. The van der Waals surface area contributed by atoms with Crippen LogP contribution in [0.4, 0.5) is 0 Å². The molecule has 4 aromatic rings. The van der Waals surface area contributed by atoms with E-state index in [9.17, 15) is 4.79 Å².